The molecule has 0 aromatic heterocycles. The number of halogens is 1. The average molecular weight is 330 g/mol. The maximum absolute atomic E-state index is 11.1. The fourth-order valence-electron chi connectivity index (χ4n) is 1.92. The second-order valence-corrected chi connectivity index (χ2v) is 5.51. The highest BCUT2D eigenvalue weighted by Gasteiger charge is 2.45. The van der Waals surface area contributed by atoms with E-state index in [9.17, 15) is 4.79 Å². The summed E-state index contributed by atoms with van der Waals surface area (Å²) >= 11 is 3.42. The largest absolute Gasteiger partial charge is 0.496 e. The van der Waals surface area contributed by atoms with Crippen LogP contribution in [0.2, 0.25) is 0 Å². The minimum atomic E-state index is -0.804. The Bertz CT molecular complexity index is 474. The van der Waals surface area contributed by atoms with E-state index in [0.717, 1.165) is 15.8 Å². The van der Waals surface area contributed by atoms with Crippen LogP contribution in [0.3, 0.4) is 0 Å². The van der Waals surface area contributed by atoms with E-state index < -0.39 is 11.4 Å². The Morgan fingerprint density at radius 3 is 2.79 bits per heavy atom. The highest BCUT2D eigenvalue weighted by molar-refractivity contribution is 9.10. The van der Waals surface area contributed by atoms with Gasteiger partial charge in [0.2, 0.25) is 0 Å². The molecule has 0 aliphatic carbocycles. The summed E-state index contributed by atoms with van der Waals surface area (Å²) in [6.07, 6.45) is 0. The molecule has 19 heavy (non-hydrogen) atoms. The van der Waals surface area contributed by atoms with E-state index in [4.69, 9.17) is 14.6 Å². The minimum Gasteiger partial charge on any atom is -0.496 e. The molecule has 1 aromatic rings. The number of nitrogens with one attached hydrogen (secondary N) is 1. The number of aliphatic carboxylic acids is 1. The van der Waals surface area contributed by atoms with Gasteiger partial charge in [-0.1, -0.05) is 6.07 Å². The third kappa shape index (κ3) is 3.08. The quantitative estimate of drug-likeness (QED) is 0.830. The molecule has 1 heterocycles. The lowest BCUT2D eigenvalue weighted by Crippen LogP contribution is -2.55. The molecule has 5 nitrogen and oxygen atoms in total. The molecular formula is C13H16BrNO4. The predicted octanol–water partition coefficient (Wildman–Crippen LogP) is 1.65. The van der Waals surface area contributed by atoms with Gasteiger partial charge in [0, 0.05) is 13.1 Å². The molecule has 0 amide bonds. The van der Waals surface area contributed by atoms with E-state index in [2.05, 4.69) is 21.2 Å². The molecule has 0 radical (unpaired) electrons. The molecular weight excluding hydrogens is 314 g/mol. The summed E-state index contributed by atoms with van der Waals surface area (Å²) in [5.41, 5.74) is 0.303. The minimum absolute atomic E-state index is 0.279. The van der Waals surface area contributed by atoms with E-state index in [1.165, 1.54) is 0 Å². The van der Waals surface area contributed by atoms with Crippen LogP contribution in [0, 0.1) is 5.41 Å². The normalized spacial score (nSPS) is 16.7. The van der Waals surface area contributed by atoms with E-state index in [1.807, 2.05) is 18.2 Å². The fraction of sp³-hybridized carbons (Fsp3) is 0.462. The van der Waals surface area contributed by atoms with E-state index in [0.29, 0.717) is 13.1 Å². The summed E-state index contributed by atoms with van der Waals surface area (Å²) < 4.78 is 11.0. The summed E-state index contributed by atoms with van der Waals surface area (Å²) in [5.74, 6) is -0.0275. The Labute approximate surface area is 120 Å². The van der Waals surface area contributed by atoms with Crippen LogP contribution in [0.25, 0.3) is 0 Å². The number of carboxylic acid groups (broad SMARTS) is 1. The summed E-state index contributed by atoms with van der Waals surface area (Å²) in [5, 5.41) is 12.3. The van der Waals surface area contributed by atoms with Crippen molar-refractivity contribution in [3.8, 4) is 5.75 Å². The molecule has 2 rings (SSSR count). The fourth-order valence-corrected chi connectivity index (χ4v) is 2.50. The van der Waals surface area contributed by atoms with Gasteiger partial charge < -0.3 is 19.9 Å². The summed E-state index contributed by atoms with van der Waals surface area (Å²) in [4.78, 5) is 11.1. The Morgan fingerprint density at radius 2 is 2.32 bits per heavy atom. The van der Waals surface area contributed by atoms with Gasteiger partial charge in [0.1, 0.15) is 11.2 Å². The zero-order chi connectivity index (χ0) is 13.9. The Hall–Kier alpha value is -1.11. The number of hydrogen-bond acceptors (Lipinski definition) is 4. The highest BCUT2D eigenvalue weighted by Crippen LogP contribution is 2.28. The molecule has 1 aliphatic rings. The molecule has 0 saturated carbocycles. The van der Waals surface area contributed by atoms with Crippen LogP contribution in [0.4, 0.5) is 0 Å². The van der Waals surface area contributed by atoms with Crippen molar-refractivity contribution in [3.05, 3.63) is 28.2 Å². The highest BCUT2D eigenvalue weighted by atomic mass is 79.9. The summed E-state index contributed by atoms with van der Waals surface area (Å²) in [7, 11) is 1.62. The second-order valence-electron chi connectivity index (χ2n) is 4.65. The number of hydrogen-bond donors (Lipinski definition) is 2. The first kappa shape index (κ1) is 14.3. The van der Waals surface area contributed by atoms with Crippen LogP contribution >= 0.6 is 15.9 Å². The molecule has 6 heteroatoms. The number of carbonyl (C=O) groups is 1. The molecule has 0 unspecified atom stereocenters. The first-order chi connectivity index (χ1) is 9.07. The zero-order valence-corrected chi connectivity index (χ0v) is 12.2. The van der Waals surface area contributed by atoms with Gasteiger partial charge in [-0.25, -0.2) is 0 Å². The first-order valence-electron chi connectivity index (χ1n) is 5.92. The molecule has 104 valence electrons. The molecule has 0 bridgehead atoms. The first-order valence-corrected chi connectivity index (χ1v) is 6.71. The SMILES string of the molecule is COc1ccc(CNCC2(C(=O)O)COC2)cc1Br. The molecule has 1 aromatic carbocycles. The van der Waals surface area contributed by atoms with Crippen molar-refractivity contribution in [1.29, 1.82) is 0 Å². The van der Waals surface area contributed by atoms with Gasteiger partial charge in [-0.2, -0.15) is 0 Å². The third-order valence-corrected chi connectivity index (χ3v) is 3.84. The van der Waals surface area contributed by atoms with Crippen molar-refractivity contribution < 1.29 is 19.4 Å². The van der Waals surface area contributed by atoms with Gasteiger partial charge in [-0.05, 0) is 33.6 Å². The number of carboxylic acids is 1. The van der Waals surface area contributed by atoms with Gasteiger partial charge in [-0.3, -0.25) is 4.79 Å². The van der Waals surface area contributed by atoms with Crippen LogP contribution in [0.5, 0.6) is 5.75 Å². The summed E-state index contributed by atoms with van der Waals surface area (Å²) in [6.45, 7) is 1.58. The Balaban J connectivity index is 1.89. The number of methoxy groups -OCH3 is 1. The summed E-state index contributed by atoms with van der Waals surface area (Å²) in [6, 6.07) is 5.78. The average Bonchev–Trinajstić information content (AvgIpc) is 2.32. The van der Waals surface area contributed by atoms with E-state index in [-0.39, 0.29) is 13.2 Å². The van der Waals surface area contributed by atoms with Crippen molar-refractivity contribution >= 4 is 21.9 Å². The molecule has 1 aliphatic heterocycles. The Kier molecular flexibility index (Phi) is 4.44. The van der Waals surface area contributed by atoms with Crippen LogP contribution in [-0.2, 0) is 16.1 Å². The standard InChI is InChI=1S/C13H16BrNO4/c1-18-11-3-2-9(4-10(11)14)5-15-6-13(12(16)17)7-19-8-13/h2-4,15H,5-8H2,1H3,(H,16,17). The molecule has 0 spiro atoms. The monoisotopic (exact) mass is 329 g/mol. The zero-order valence-electron chi connectivity index (χ0n) is 10.6. The van der Waals surface area contributed by atoms with Crippen molar-refractivity contribution in [2.24, 2.45) is 5.41 Å². The lowest BCUT2D eigenvalue weighted by atomic mass is 9.86. The smallest absolute Gasteiger partial charge is 0.315 e. The molecule has 1 saturated heterocycles. The predicted molar refractivity (Wildman–Crippen MR) is 73.3 cm³/mol. The maximum Gasteiger partial charge on any atom is 0.315 e. The van der Waals surface area contributed by atoms with Crippen molar-refractivity contribution in [2.45, 2.75) is 6.54 Å². The van der Waals surface area contributed by atoms with Crippen LogP contribution < -0.4 is 10.1 Å². The number of ether oxygens (including phenoxy) is 2. The second kappa shape index (κ2) is 5.90. The topological polar surface area (TPSA) is 67.8 Å². The van der Waals surface area contributed by atoms with Gasteiger partial charge >= 0.3 is 5.97 Å². The van der Waals surface area contributed by atoms with Crippen LogP contribution in [0.1, 0.15) is 5.56 Å². The van der Waals surface area contributed by atoms with E-state index >= 15 is 0 Å². The van der Waals surface area contributed by atoms with Crippen LogP contribution in [-0.4, -0.2) is 37.9 Å². The lowest BCUT2D eigenvalue weighted by Gasteiger charge is -2.37. The molecule has 0 atom stereocenters. The van der Waals surface area contributed by atoms with Gasteiger partial charge in [-0.15, -0.1) is 0 Å². The van der Waals surface area contributed by atoms with Crippen LogP contribution in [0.15, 0.2) is 22.7 Å². The number of benzene rings is 1. The molecule has 2 N–H and O–H groups in total. The van der Waals surface area contributed by atoms with Crippen molar-refractivity contribution in [3.63, 3.8) is 0 Å². The third-order valence-electron chi connectivity index (χ3n) is 3.22. The Morgan fingerprint density at radius 1 is 1.58 bits per heavy atom. The van der Waals surface area contributed by atoms with Crippen molar-refractivity contribution in [2.75, 3.05) is 26.9 Å². The maximum atomic E-state index is 11.1. The lowest BCUT2D eigenvalue weighted by molar-refractivity contribution is -0.178. The number of rotatable bonds is 6. The van der Waals surface area contributed by atoms with Crippen molar-refractivity contribution in [1.82, 2.24) is 5.32 Å². The van der Waals surface area contributed by atoms with Gasteiger partial charge in [0.05, 0.1) is 24.8 Å². The molecule has 1 fully saturated rings. The van der Waals surface area contributed by atoms with Gasteiger partial charge in [0.15, 0.2) is 0 Å². The van der Waals surface area contributed by atoms with Gasteiger partial charge in [0.25, 0.3) is 0 Å². The van der Waals surface area contributed by atoms with E-state index in [1.54, 1.807) is 7.11 Å².